The molecule has 2 rings (SSSR count). The van der Waals surface area contributed by atoms with Gasteiger partial charge in [0.1, 0.15) is 5.75 Å². The topological polar surface area (TPSA) is 79.5 Å². The first-order valence-corrected chi connectivity index (χ1v) is 11.0. The van der Waals surface area contributed by atoms with Gasteiger partial charge in [0, 0.05) is 28.5 Å². The highest BCUT2D eigenvalue weighted by Crippen LogP contribution is 2.18. The van der Waals surface area contributed by atoms with Crippen LogP contribution in [0.4, 0.5) is 11.4 Å². The molecule has 0 aromatic heterocycles. The van der Waals surface area contributed by atoms with Gasteiger partial charge in [0.05, 0.1) is 13.2 Å². The largest absolute Gasteiger partial charge is 0.494 e. The van der Waals surface area contributed by atoms with E-state index in [4.69, 9.17) is 4.74 Å². The Kier molecular flexibility index (Phi) is 9.38. The van der Waals surface area contributed by atoms with Crippen LogP contribution in [0, 0.1) is 0 Å². The Bertz CT molecular complexity index is 842. The van der Waals surface area contributed by atoms with Crippen molar-refractivity contribution in [3.63, 3.8) is 0 Å². The number of hydrogen-bond donors (Lipinski definition) is 3. The fourth-order valence-corrected chi connectivity index (χ4v) is 2.92. The van der Waals surface area contributed by atoms with Gasteiger partial charge in [0.2, 0.25) is 5.91 Å². The first-order valence-electron chi connectivity index (χ1n) is 11.0. The van der Waals surface area contributed by atoms with Crippen molar-refractivity contribution in [2.24, 2.45) is 0 Å². The number of ether oxygens (including phenoxy) is 1. The average Bonchev–Trinajstić information content (AvgIpc) is 2.72. The smallest absolute Gasteiger partial charge is 0.251 e. The predicted octanol–water partition coefficient (Wildman–Crippen LogP) is 5.22. The Labute approximate surface area is 185 Å². The maximum Gasteiger partial charge on any atom is 0.251 e. The van der Waals surface area contributed by atoms with Crippen LogP contribution in [0.3, 0.4) is 0 Å². The highest BCUT2D eigenvalue weighted by atomic mass is 16.5. The second-order valence-electron chi connectivity index (χ2n) is 8.62. The molecule has 0 atom stereocenters. The second kappa shape index (κ2) is 12.0. The van der Waals surface area contributed by atoms with E-state index in [2.05, 4.69) is 22.9 Å². The number of anilines is 2. The van der Waals surface area contributed by atoms with Gasteiger partial charge in [-0.15, -0.1) is 0 Å². The third-order valence-corrected chi connectivity index (χ3v) is 4.47. The molecule has 168 valence electrons. The van der Waals surface area contributed by atoms with E-state index in [1.807, 2.05) is 45.0 Å². The van der Waals surface area contributed by atoms with Crippen LogP contribution in [0.1, 0.15) is 63.7 Å². The van der Waals surface area contributed by atoms with E-state index in [1.165, 1.54) is 19.3 Å². The molecule has 0 fully saturated rings. The van der Waals surface area contributed by atoms with Crippen molar-refractivity contribution in [2.45, 2.75) is 58.9 Å². The maximum atomic E-state index is 12.3. The Hall–Kier alpha value is -3.02. The van der Waals surface area contributed by atoms with Crippen LogP contribution >= 0.6 is 0 Å². The molecule has 0 saturated carbocycles. The van der Waals surface area contributed by atoms with Crippen molar-refractivity contribution in [1.82, 2.24) is 5.32 Å². The highest BCUT2D eigenvalue weighted by molar-refractivity contribution is 5.97. The van der Waals surface area contributed by atoms with Gasteiger partial charge in [-0.1, -0.05) is 32.3 Å². The molecule has 31 heavy (non-hydrogen) atoms. The van der Waals surface area contributed by atoms with Gasteiger partial charge in [-0.2, -0.15) is 0 Å². The predicted molar refractivity (Wildman–Crippen MR) is 127 cm³/mol. The Morgan fingerprint density at radius 1 is 0.935 bits per heavy atom. The molecule has 0 bridgehead atoms. The summed E-state index contributed by atoms with van der Waals surface area (Å²) in [5, 5.41) is 8.86. The van der Waals surface area contributed by atoms with Gasteiger partial charge in [0.25, 0.3) is 5.91 Å². The number of unbranched alkanes of at least 4 members (excludes halogenated alkanes) is 3. The standard InChI is InChI=1S/C25H35N3O3/c1-5-6-7-8-16-31-22-11-9-10-21(17-22)26-18-23(29)27-20-14-12-19(13-15-20)24(30)28-25(2,3)4/h9-15,17,26H,5-8,16,18H2,1-4H3,(H,27,29)(H,28,30). The molecule has 6 heteroatoms. The van der Waals surface area contributed by atoms with Gasteiger partial charge < -0.3 is 20.7 Å². The van der Waals surface area contributed by atoms with E-state index < -0.39 is 0 Å². The molecule has 6 nitrogen and oxygen atoms in total. The summed E-state index contributed by atoms with van der Waals surface area (Å²) < 4.78 is 5.78. The average molecular weight is 426 g/mol. The van der Waals surface area contributed by atoms with E-state index in [1.54, 1.807) is 24.3 Å². The van der Waals surface area contributed by atoms with Crippen LogP contribution in [0.5, 0.6) is 5.75 Å². The monoisotopic (exact) mass is 425 g/mol. The molecule has 2 aromatic rings. The number of amides is 2. The molecule has 3 N–H and O–H groups in total. The minimum atomic E-state index is -0.299. The van der Waals surface area contributed by atoms with Gasteiger partial charge in [-0.3, -0.25) is 9.59 Å². The lowest BCUT2D eigenvalue weighted by atomic mass is 10.1. The lowest BCUT2D eigenvalue weighted by Crippen LogP contribution is -2.40. The summed E-state index contributed by atoms with van der Waals surface area (Å²) in [5.41, 5.74) is 1.73. The van der Waals surface area contributed by atoms with Crippen molar-refractivity contribution in [3.8, 4) is 5.75 Å². The quantitative estimate of drug-likeness (QED) is 0.431. The van der Waals surface area contributed by atoms with Crippen LogP contribution in [0.15, 0.2) is 48.5 Å². The Morgan fingerprint density at radius 2 is 1.68 bits per heavy atom. The summed E-state index contributed by atoms with van der Waals surface area (Å²) in [6.45, 7) is 8.82. The fourth-order valence-electron chi connectivity index (χ4n) is 2.92. The van der Waals surface area contributed by atoms with Crippen molar-refractivity contribution in [3.05, 3.63) is 54.1 Å². The molecule has 2 aromatic carbocycles. The molecule has 0 aliphatic rings. The number of hydrogen-bond acceptors (Lipinski definition) is 4. The highest BCUT2D eigenvalue weighted by Gasteiger charge is 2.15. The van der Waals surface area contributed by atoms with E-state index in [0.29, 0.717) is 17.9 Å². The van der Waals surface area contributed by atoms with E-state index >= 15 is 0 Å². The van der Waals surface area contributed by atoms with E-state index in [9.17, 15) is 9.59 Å². The lowest BCUT2D eigenvalue weighted by molar-refractivity contribution is -0.114. The summed E-state index contributed by atoms with van der Waals surface area (Å²) >= 11 is 0. The van der Waals surface area contributed by atoms with Crippen molar-refractivity contribution in [2.75, 3.05) is 23.8 Å². The SMILES string of the molecule is CCCCCCOc1cccc(NCC(=O)Nc2ccc(C(=O)NC(C)(C)C)cc2)c1. The molecule has 0 aliphatic carbocycles. The Balaban J connectivity index is 1.79. The van der Waals surface area contributed by atoms with Gasteiger partial charge in [-0.25, -0.2) is 0 Å². The summed E-state index contributed by atoms with van der Waals surface area (Å²) in [6.07, 6.45) is 4.66. The van der Waals surface area contributed by atoms with Gasteiger partial charge in [-0.05, 0) is 63.6 Å². The lowest BCUT2D eigenvalue weighted by Gasteiger charge is -2.20. The van der Waals surface area contributed by atoms with Crippen LogP contribution in [-0.4, -0.2) is 30.5 Å². The number of carbonyl (C=O) groups excluding carboxylic acids is 2. The van der Waals surface area contributed by atoms with Crippen LogP contribution in [0.25, 0.3) is 0 Å². The minimum Gasteiger partial charge on any atom is -0.494 e. The number of benzene rings is 2. The molecule has 0 aliphatic heterocycles. The molecule has 2 amide bonds. The third kappa shape index (κ3) is 9.55. The van der Waals surface area contributed by atoms with Crippen LogP contribution in [-0.2, 0) is 4.79 Å². The van der Waals surface area contributed by atoms with Crippen molar-refractivity contribution in [1.29, 1.82) is 0 Å². The first-order chi connectivity index (χ1) is 14.8. The number of rotatable bonds is 11. The molecule has 0 saturated heterocycles. The third-order valence-electron chi connectivity index (χ3n) is 4.47. The normalized spacial score (nSPS) is 11.0. The molecule has 0 radical (unpaired) electrons. The summed E-state index contributed by atoms with van der Waals surface area (Å²) in [7, 11) is 0. The summed E-state index contributed by atoms with van der Waals surface area (Å²) in [6, 6.07) is 14.5. The number of nitrogens with one attached hydrogen (secondary N) is 3. The van der Waals surface area contributed by atoms with Crippen LogP contribution in [0.2, 0.25) is 0 Å². The van der Waals surface area contributed by atoms with Crippen molar-refractivity contribution >= 4 is 23.2 Å². The Morgan fingerprint density at radius 3 is 2.35 bits per heavy atom. The first kappa shape index (κ1) is 24.3. The summed E-state index contributed by atoms with van der Waals surface area (Å²) in [4.78, 5) is 24.4. The molecule has 0 spiro atoms. The second-order valence-corrected chi connectivity index (χ2v) is 8.62. The van der Waals surface area contributed by atoms with E-state index in [0.717, 1.165) is 17.9 Å². The minimum absolute atomic E-state index is 0.131. The van der Waals surface area contributed by atoms with Crippen molar-refractivity contribution < 1.29 is 14.3 Å². The van der Waals surface area contributed by atoms with E-state index in [-0.39, 0.29) is 23.9 Å². The van der Waals surface area contributed by atoms with Gasteiger partial charge >= 0.3 is 0 Å². The molecular weight excluding hydrogens is 390 g/mol. The summed E-state index contributed by atoms with van der Waals surface area (Å²) in [5.74, 6) is 0.489. The zero-order chi connectivity index (χ0) is 22.7. The van der Waals surface area contributed by atoms with Crippen LogP contribution < -0.4 is 20.7 Å². The zero-order valence-electron chi connectivity index (χ0n) is 19.1. The molecule has 0 unspecified atom stereocenters. The zero-order valence-corrected chi connectivity index (χ0v) is 19.1. The molecule has 0 heterocycles. The number of carbonyl (C=O) groups is 2. The maximum absolute atomic E-state index is 12.3. The fraction of sp³-hybridized carbons (Fsp3) is 0.440. The molecular formula is C25H35N3O3. The van der Waals surface area contributed by atoms with Gasteiger partial charge in [0.15, 0.2) is 0 Å².